The minimum atomic E-state index is -1.24. The van der Waals surface area contributed by atoms with Crippen molar-refractivity contribution in [2.45, 2.75) is 63.7 Å². The molecule has 0 aliphatic rings. The zero-order valence-electron chi connectivity index (χ0n) is 21.2. The van der Waals surface area contributed by atoms with Crippen LogP contribution in [0.2, 0.25) is 0 Å². The summed E-state index contributed by atoms with van der Waals surface area (Å²) in [5.41, 5.74) is 17.4. The molecule has 0 heterocycles. The lowest BCUT2D eigenvalue weighted by atomic mass is 10.0. The van der Waals surface area contributed by atoms with Crippen LogP contribution in [0.15, 0.2) is 35.3 Å². The third-order valence-electron chi connectivity index (χ3n) is 5.35. The fraction of sp³-hybridized carbons (Fsp3) is 0.542. The van der Waals surface area contributed by atoms with Gasteiger partial charge < -0.3 is 38.3 Å². The van der Waals surface area contributed by atoms with E-state index in [1.165, 1.54) is 0 Å². The zero-order chi connectivity index (χ0) is 28.0. The van der Waals surface area contributed by atoms with Crippen molar-refractivity contribution < 1.29 is 24.3 Å². The molecule has 206 valence electrons. The number of thiol groups is 1. The number of benzene rings is 1. The maximum absolute atomic E-state index is 13.0. The molecule has 37 heavy (non-hydrogen) atoms. The molecule has 10 N–H and O–H groups in total. The minimum Gasteiger partial charge on any atom is -0.480 e. The van der Waals surface area contributed by atoms with E-state index in [1.54, 1.807) is 0 Å². The van der Waals surface area contributed by atoms with Gasteiger partial charge in [0, 0.05) is 12.3 Å². The zero-order valence-corrected chi connectivity index (χ0v) is 22.1. The molecule has 1 aromatic rings. The predicted molar refractivity (Wildman–Crippen MR) is 145 cm³/mol. The van der Waals surface area contributed by atoms with E-state index in [1.807, 2.05) is 44.2 Å². The highest BCUT2D eigenvalue weighted by molar-refractivity contribution is 7.80. The third-order valence-corrected chi connectivity index (χ3v) is 5.72. The van der Waals surface area contributed by atoms with Gasteiger partial charge in [-0.1, -0.05) is 44.2 Å². The topological polar surface area (TPSA) is 215 Å². The standard InChI is InChI=1S/C24H39N7O5S/c1-14(2)11-18(30-20(32)16(25)12-15-7-4-3-5-8-15)21(33)31-19(13-37)22(34)29-17(23(35)36)9-6-10-28-24(26)27/h3-5,7-8,14,16-19,37H,6,9-13,25H2,1-2H3,(H,29,34)(H,30,32)(H,31,33)(H,35,36)(H4,26,27,28). The normalized spacial score (nSPS) is 14.1. The number of amides is 3. The molecule has 13 heteroatoms. The van der Waals surface area contributed by atoms with Crippen molar-refractivity contribution in [1.29, 1.82) is 0 Å². The van der Waals surface area contributed by atoms with Crippen molar-refractivity contribution in [2.75, 3.05) is 12.3 Å². The first kappa shape index (κ1) is 31.7. The molecule has 0 bridgehead atoms. The average molecular weight is 538 g/mol. The number of nitrogens with one attached hydrogen (secondary N) is 3. The molecule has 0 aromatic heterocycles. The van der Waals surface area contributed by atoms with Gasteiger partial charge >= 0.3 is 5.97 Å². The van der Waals surface area contributed by atoms with Crippen LogP contribution in [-0.4, -0.2) is 71.2 Å². The largest absolute Gasteiger partial charge is 0.480 e. The summed E-state index contributed by atoms with van der Waals surface area (Å²) in [6.07, 6.45) is 0.998. The molecule has 1 aromatic carbocycles. The molecule has 4 unspecified atom stereocenters. The van der Waals surface area contributed by atoms with Gasteiger partial charge in [-0.05, 0) is 37.2 Å². The summed E-state index contributed by atoms with van der Waals surface area (Å²) in [5, 5.41) is 17.1. The number of nitrogens with zero attached hydrogens (tertiary/aromatic N) is 1. The Morgan fingerprint density at radius 1 is 0.946 bits per heavy atom. The molecule has 0 saturated heterocycles. The van der Waals surface area contributed by atoms with Gasteiger partial charge in [-0.15, -0.1) is 0 Å². The lowest BCUT2D eigenvalue weighted by Gasteiger charge is -2.25. The van der Waals surface area contributed by atoms with E-state index >= 15 is 0 Å². The molecular formula is C24H39N7O5S. The van der Waals surface area contributed by atoms with Crippen LogP contribution in [0.3, 0.4) is 0 Å². The van der Waals surface area contributed by atoms with E-state index in [0.717, 1.165) is 5.56 Å². The van der Waals surface area contributed by atoms with Crippen molar-refractivity contribution in [3.63, 3.8) is 0 Å². The van der Waals surface area contributed by atoms with Crippen LogP contribution in [0, 0.1) is 5.92 Å². The number of hydrogen-bond acceptors (Lipinski definition) is 7. The molecule has 0 aliphatic heterocycles. The predicted octanol–water partition coefficient (Wildman–Crippen LogP) is -0.875. The van der Waals surface area contributed by atoms with Crippen LogP contribution in [0.4, 0.5) is 0 Å². The first-order valence-electron chi connectivity index (χ1n) is 12.0. The van der Waals surface area contributed by atoms with Gasteiger partial charge in [-0.25, -0.2) is 4.79 Å². The van der Waals surface area contributed by atoms with Crippen molar-refractivity contribution in [3.05, 3.63) is 35.9 Å². The van der Waals surface area contributed by atoms with Gasteiger partial charge in [0.1, 0.15) is 18.1 Å². The SMILES string of the molecule is CC(C)CC(NC(=O)C(N)Cc1ccccc1)C(=O)NC(CS)C(=O)NC(CCCN=C(N)N)C(=O)O. The van der Waals surface area contributed by atoms with Crippen LogP contribution in [0.1, 0.15) is 38.7 Å². The number of hydrogen-bond donors (Lipinski definition) is 8. The third kappa shape index (κ3) is 12.5. The van der Waals surface area contributed by atoms with Gasteiger partial charge in [0.2, 0.25) is 17.7 Å². The summed E-state index contributed by atoms with van der Waals surface area (Å²) in [4.78, 5) is 53.8. The highest BCUT2D eigenvalue weighted by atomic mass is 32.1. The molecule has 0 aliphatic carbocycles. The van der Waals surface area contributed by atoms with Crippen molar-refractivity contribution in [3.8, 4) is 0 Å². The molecule has 3 amide bonds. The number of guanidine groups is 1. The first-order valence-corrected chi connectivity index (χ1v) is 12.7. The highest BCUT2D eigenvalue weighted by Crippen LogP contribution is 2.08. The molecule has 1 rings (SSSR count). The number of aliphatic carboxylic acids is 1. The lowest BCUT2D eigenvalue weighted by molar-refractivity contribution is -0.142. The number of carboxylic acid groups (broad SMARTS) is 1. The van der Waals surface area contributed by atoms with Crippen LogP contribution in [0.25, 0.3) is 0 Å². The van der Waals surface area contributed by atoms with Crippen molar-refractivity contribution in [1.82, 2.24) is 16.0 Å². The van der Waals surface area contributed by atoms with E-state index in [0.29, 0.717) is 19.3 Å². The van der Waals surface area contributed by atoms with E-state index in [2.05, 4.69) is 33.6 Å². The summed E-state index contributed by atoms with van der Waals surface area (Å²) in [5.74, 6) is -3.20. The van der Waals surface area contributed by atoms with E-state index in [9.17, 15) is 24.3 Å². The maximum Gasteiger partial charge on any atom is 0.326 e. The molecule has 0 spiro atoms. The molecule has 0 saturated carbocycles. The second-order valence-electron chi connectivity index (χ2n) is 9.08. The number of carboxylic acids is 1. The summed E-state index contributed by atoms with van der Waals surface area (Å²) in [7, 11) is 0. The quantitative estimate of drug-likeness (QED) is 0.0572. The molecule has 0 radical (unpaired) electrons. The van der Waals surface area contributed by atoms with E-state index in [4.69, 9.17) is 17.2 Å². The Labute approximate surface area is 222 Å². The second-order valence-corrected chi connectivity index (χ2v) is 9.44. The highest BCUT2D eigenvalue weighted by Gasteiger charge is 2.30. The van der Waals surface area contributed by atoms with Crippen LogP contribution in [0.5, 0.6) is 0 Å². The smallest absolute Gasteiger partial charge is 0.326 e. The van der Waals surface area contributed by atoms with E-state index in [-0.39, 0.29) is 30.6 Å². The Hall–Kier alpha value is -3.32. The number of carbonyl (C=O) groups is 4. The van der Waals surface area contributed by atoms with Crippen LogP contribution in [-0.2, 0) is 25.6 Å². The van der Waals surface area contributed by atoms with Gasteiger partial charge in [0.15, 0.2) is 5.96 Å². The Balaban J connectivity index is 2.80. The maximum atomic E-state index is 13.0. The minimum absolute atomic E-state index is 0.0475. The summed E-state index contributed by atoms with van der Waals surface area (Å²) in [6.45, 7) is 3.98. The number of nitrogens with two attached hydrogens (primary N) is 3. The molecule has 4 atom stereocenters. The monoisotopic (exact) mass is 537 g/mol. The van der Waals surface area contributed by atoms with Crippen LogP contribution >= 0.6 is 12.6 Å². The number of rotatable bonds is 16. The van der Waals surface area contributed by atoms with Crippen molar-refractivity contribution in [2.24, 2.45) is 28.1 Å². The van der Waals surface area contributed by atoms with Gasteiger partial charge in [-0.3, -0.25) is 19.4 Å². The Morgan fingerprint density at radius 2 is 1.51 bits per heavy atom. The Kier molecular flexibility index (Phi) is 14.1. The summed E-state index contributed by atoms with van der Waals surface area (Å²) in [6, 6.07) is 5.11. The van der Waals surface area contributed by atoms with Crippen molar-refractivity contribution >= 4 is 42.3 Å². The molecule has 12 nitrogen and oxygen atoms in total. The fourth-order valence-electron chi connectivity index (χ4n) is 3.44. The number of aliphatic imine (C=N–C) groups is 1. The summed E-state index contributed by atoms with van der Waals surface area (Å²) < 4.78 is 0. The van der Waals surface area contributed by atoms with Gasteiger partial charge in [0.05, 0.1) is 6.04 Å². The van der Waals surface area contributed by atoms with Gasteiger partial charge in [-0.2, -0.15) is 12.6 Å². The number of carbonyl (C=O) groups excluding carboxylic acids is 3. The fourth-order valence-corrected chi connectivity index (χ4v) is 3.70. The lowest BCUT2D eigenvalue weighted by Crippen LogP contribution is -2.58. The second kappa shape index (κ2) is 16.4. The van der Waals surface area contributed by atoms with Gasteiger partial charge in [0.25, 0.3) is 0 Å². The van der Waals surface area contributed by atoms with E-state index < -0.39 is 47.9 Å². The Bertz CT molecular complexity index is 925. The molecule has 0 fully saturated rings. The first-order chi connectivity index (χ1) is 17.4. The molecular weight excluding hydrogens is 498 g/mol. The summed E-state index contributed by atoms with van der Waals surface area (Å²) >= 11 is 4.13. The Morgan fingerprint density at radius 3 is 2.05 bits per heavy atom. The average Bonchev–Trinajstić information content (AvgIpc) is 2.83. The van der Waals surface area contributed by atoms with Crippen LogP contribution < -0.4 is 33.2 Å².